The van der Waals surface area contributed by atoms with Crippen LogP contribution in [-0.2, 0) is 33.3 Å². The minimum absolute atomic E-state index is 0.163. The van der Waals surface area contributed by atoms with Crippen LogP contribution in [0.1, 0.15) is 56.5 Å². The van der Waals surface area contributed by atoms with Gasteiger partial charge in [0.25, 0.3) is 0 Å². The van der Waals surface area contributed by atoms with Gasteiger partial charge in [-0.2, -0.15) is 26.3 Å². The van der Waals surface area contributed by atoms with Crippen LogP contribution >= 0.6 is 0 Å². The maximum atomic E-state index is 13.6. The number of aliphatic carboxylic acids is 1. The molecule has 2 N–H and O–H groups in total. The predicted molar refractivity (Wildman–Crippen MR) is 117 cm³/mol. The summed E-state index contributed by atoms with van der Waals surface area (Å²) in [7, 11) is 0. The fraction of sp³-hybridized carbons (Fsp3) is 0.542. The zero-order chi connectivity index (χ0) is 27.5. The van der Waals surface area contributed by atoms with E-state index in [-0.39, 0.29) is 17.9 Å². The molecule has 1 fully saturated rings. The summed E-state index contributed by atoms with van der Waals surface area (Å²) in [5.41, 5.74) is -1.97. The number of ether oxygens (including phenoxy) is 1. The molecule has 0 radical (unpaired) electrons. The second kappa shape index (κ2) is 11.1. The first kappa shape index (κ1) is 28.5. The summed E-state index contributed by atoms with van der Waals surface area (Å²) in [6, 6.07) is 2.52. The van der Waals surface area contributed by atoms with Gasteiger partial charge in [-0.05, 0) is 43.4 Å². The molecular weight excluding hydrogens is 510 g/mol. The minimum atomic E-state index is -4.97. The number of hydrogen-bond donors (Lipinski definition) is 2. The monoisotopic (exact) mass is 536 g/mol. The Morgan fingerprint density at radius 3 is 2.46 bits per heavy atom. The predicted octanol–water partition coefficient (Wildman–Crippen LogP) is 5.68. The highest BCUT2D eigenvalue weighted by Gasteiger charge is 2.40. The van der Waals surface area contributed by atoms with Gasteiger partial charge in [-0.25, -0.2) is 9.78 Å². The van der Waals surface area contributed by atoms with E-state index in [9.17, 15) is 41.0 Å². The molecule has 3 rings (SSSR count). The van der Waals surface area contributed by atoms with E-state index in [1.807, 2.05) is 0 Å². The number of rotatable bonds is 8. The van der Waals surface area contributed by atoms with E-state index in [2.05, 4.69) is 10.3 Å². The van der Waals surface area contributed by atoms with Crippen LogP contribution in [0.3, 0.4) is 0 Å². The molecule has 1 aromatic heterocycles. The van der Waals surface area contributed by atoms with Gasteiger partial charge in [0.1, 0.15) is 11.7 Å². The number of hydrogen-bond acceptors (Lipinski definition) is 5. The molecule has 0 spiro atoms. The van der Waals surface area contributed by atoms with Crippen LogP contribution in [0.5, 0.6) is 0 Å². The molecule has 1 aliphatic carbocycles. The Kier molecular flexibility index (Phi) is 8.56. The zero-order valence-corrected chi connectivity index (χ0v) is 19.9. The molecule has 13 heteroatoms. The lowest BCUT2D eigenvalue weighted by molar-refractivity contribution is -0.154. The van der Waals surface area contributed by atoms with Crippen LogP contribution in [0.4, 0.5) is 26.3 Å². The van der Waals surface area contributed by atoms with E-state index in [4.69, 9.17) is 9.15 Å². The van der Waals surface area contributed by atoms with E-state index in [0.29, 0.717) is 25.3 Å². The third-order valence-electron chi connectivity index (χ3n) is 6.07. The number of carboxylic acids is 1. The van der Waals surface area contributed by atoms with Gasteiger partial charge < -0.3 is 19.6 Å². The lowest BCUT2D eigenvalue weighted by Crippen LogP contribution is -2.47. The zero-order valence-electron chi connectivity index (χ0n) is 19.9. The van der Waals surface area contributed by atoms with E-state index >= 15 is 0 Å². The number of amides is 1. The van der Waals surface area contributed by atoms with Gasteiger partial charge in [0.05, 0.1) is 18.3 Å². The first-order chi connectivity index (χ1) is 17.2. The second-order valence-electron chi connectivity index (χ2n) is 9.24. The number of aromatic nitrogens is 1. The normalized spacial score (nSPS) is 19.6. The number of alkyl halides is 6. The maximum Gasteiger partial charge on any atom is 0.451 e. The Balaban J connectivity index is 1.73. The molecule has 3 atom stereocenters. The molecule has 1 aromatic carbocycles. The number of benzene rings is 1. The highest BCUT2D eigenvalue weighted by molar-refractivity contribution is 5.85. The van der Waals surface area contributed by atoms with Crippen molar-refractivity contribution in [3.63, 3.8) is 0 Å². The lowest BCUT2D eigenvalue weighted by atomic mass is 9.86. The van der Waals surface area contributed by atoms with Crippen LogP contribution in [0.15, 0.2) is 28.7 Å². The Hall–Kier alpha value is -3.09. The molecule has 2 aromatic rings. The fourth-order valence-electron chi connectivity index (χ4n) is 4.14. The molecule has 37 heavy (non-hydrogen) atoms. The van der Waals surface area contributed by atoms with E-state index in [1.165, 1.54) is 0 Å². The van der Waals surface area contributed by atoms with E-state index < -0.39 is 71.8 Å². The fourth-order valence-corrected chi connectivity index (χ4v) is 4.14. The number of oxazole rings is 1. The summed E-state index contributed by atoms with van der Waals surface area (Å²) in [5.74, 6) is -4.69. The van der Waals surface area contributed by atoms with Crippen molar-refractivity contribution in [3.8, 4) is 11.5 Å². The highest BCUT2D eigenvalue weighted by atomic mass is 19.4. The van der Waals surface area contributed by atoms with Crippen LogP contribution in [0.2, 0.25) is 0 Å². The molecular formula is C24H26F6N2O5. The van der Waals surface area contributed by atoms with Crippen molar-refractivity contribution < 1.29 is 50.2 Å². The van der Waals surface area contributed by atoms with Crippen molar-refractivity contribution >= 4 is 11.9 Å². The number of carboxylic acid groups (broad SMARTS) is 1. The largest absolute Gasteiger partial charge is 0.480 e. The smallest absolute Gasteiger partial charge is 0.451 e. The van der Waals surface area contributed by atoms with Crippen molar-refractivity contribution in [3.05, 3.63) is 41.3 Å². The van der Waals surface area contributed by atoms with Crippen molar-refractivity contribution in [1.82, 2.24) is 10.3 Å². The second-order valence-corrected chi connectivity index (χ2v) is 9.24. The van der Waals surface area contributed by atoms with Crippen molar-refractivity contribution in [2.45, 2.75) is 70.6 Å². The summed E-state index contributed by atoms with van der Waals surface area (Å²) in [4.78, 5) is 27.7. The van der Waals surface area contributed by atoms with Gasteiger partial charge in [0, 0.05) is 11.5 Å². The van der Waals surface area contributed by atoms with Gasteiger partial charge in [-0.1, -0.05) is 26.3 Å². The lowest BCUT2D eigenvalue weighted by Gasteiger charge is -2.29. The molecule has 1 amide bonds. The summed E-state index contributed by atoms with van der Waals surface area (Å²) in [5, 5.41) is 11.8. The van der Waals surface area contributed by atoms with Crippen molar-refractivity contribution in [2.24, 2.45) is 11.8 Å². The maximum absolute atomic E-state index is 13.6. The minimum Gasteiger partial charge on any atom is -0.480 e. The van der Waals surface area contributed by atoms with Crippen LogP contribution in [0, 0.1) is 11.8 Å². The molecule has 1 aliphatic rings. The van der Waals surface area contributed by atoms with E-state index in [0.717, 1.165) is 18.2 Å². The standard InChI is InChI=1S/C24H26F6N2O5/c1-12(2)18(22(34)35)32-20(33)13-5-4-8-16(10-13)36-11-17-19(24(28,29)30)37-21(31-17)14-6-3-7-15(9-14)23(25,26)27/h3,6-7,9,12-13,16,18H,4-5,8,10-11H2,1-2H3,(H,32,33)(H,34,35)/t13-,16+,18+/m1/s1. The van der Waals surface area contributed by atoms with Crippen LogP contribution in [-0.4, -0.2) is 34.1 Å². The average molecular weight is 536 g/mol. The van der Waals surface area contributed by atoms with Gasteiger partial charge >= 0.3 is 18.3 Å². The molecule has 7 nitrogen and oxygen atoms in total. The van der Waals surface area contributed by atoms with Gasteiger partial charge in [0.2, 0.25) is 17.6 Å². The molecule has 0 saturated heterocycles. The summed E-state index contributed by atoms with van der Waals surface area (Å²) >= 11 is 0. The first-order valence-corrected chi connectivity index (χ1v) is 11.6. The molecule has 1 saturated carbocycles. The Morgan fingerprint density at radius 1 is 1.16 bits per heavy atom. The quantitative estimate of drug-likeness (QED) is 0.421. The topological polar surface area (TPSA) is 102 Å². The highest BCUT2D eigenvalue weighted by Crippen LogP contribution is 2.38. The molecule has 0 bridgehead atoms. The van der Waals surface area contributed by atoms with Crippen molar-refractivity contribution in [2.75, 3.05) is 0 Å². The number of carbonyl (C=O) groups excluding carboxylic acids is 1. The molecule has 204 valence electrons. The van der Waals surface area contributed by atoms with E-state index in [1.54, 1.807) is 13.8 Å². The third-order valence-corrected chi connectivity index (χ3v) is 6.07. The Bertz CT molecular complexity index is 1110. The van der Waals surface area contributed by atoms with Gasteiger partial charge in [-0.3, -0.25) is 4.79 Å². The number of carbonyl (C=O) groups is 2. The number of nitrogens with zero attached hydrogens (tertiary/aromatic N) is 1. The molecule has 1 heterocycles. The summed E-state index contributed by atoms with van der Waals surface area (Å²) in [6.45, 7) is 2.66. The number of nitrogens with one attached hydrogen (secondary N) is 1. The van der Waals surface area contributed by atoms with Crippen LogP contribution < -0.4 is 5.32 Å². The Morgan fingerprint density at radius 2 is 1.86 bits per heavy atom. The Labute approximate surface area is 208 Å². The SMILES string of the molecule is CC(C)[C@H](NC(=O)[C@@H]1CCC[C@H](OCc2nc(-c3cccc(C(F)(F)F)c3)oc2C(F)(F)F)C1)C(=O)O. The van der Waals surface area contributed by atoms with Gasteiger partial charge in [0.15, 0.2) is 0 Å². The number of halogens is 6. The average Bonchev–Trinajstić information content (AvgIpc) is 3.25. The third kappa shape index (κ3) is 7.24. The molecule has 0 aliphatic heterocycles. The van der Waals surface area contributed by atoms with Crippen LogP contribution in [0.25, 0.3) is 11.5 Å². The van der Waals surface area contributed by atoms with Gasteiger partial charge in [-0.15, -0.1) is 0 Å². The summed E-state index contributed by atoms with van der Waals surface area (Å²) in [6.07, 6.45) is -8.67. The van der Waals surface area contributed by atoms with Crippen molar-refractivity contribution in [1.29, 1.82) is 0 Å². The summed E-state index contributed by atoms with van der Waals surface area (Å²) < 4.78 is 90.2. The first-order valence-electron chi connectivity index (χ1n) is 11.6. The molecule has 0 unspecified atom stereocenters.